The molecule has 0 aliphatic carbocycles. The molecule has 2 aliphatic rings. The molecule has 1 aromatic rings. The van der Waals surface area contributed by atoms with E-state index in [2.05, 4.69) is 16.0 Å². The van der Waals surface area contributed by atoms with Crippen LogP contribution in [0.3, 0.4) is 0 Å². The molecule has 3 rings (SSSR count). The van der Waals surface area contributed by atoms with Crippen molar-refractivity contribution in [1.82, 2.24) is 15.6 Å². The minimum Gasteiger partial charge on any atom is -0.604 e. The van der Waals surface area contributed by atoms with Crippen molar-refractivity contribution in [3.05, 3.63) is 35.0 Å². The lowest BCUT2D eigenvalue weighted by molar-refractivity contribution is -1.01. The maximum absolute atomic E-state index is 13.6. The van der Waals surface area contributed by atoms with Gasteiger partial charge in [0.2, 0.25) is 5.91 Å². The summed E-state index contributed by atoms with van der Waals surface area (Å²) >= 11 is 0. The van der Waals surface area contributed by atoms with Crippen LogP contribution >= 0.6 is 0 Å². The first-order valence-electron chi connectivity index (χ1n) is 9.22. The predicted molar refractivity (Wildman–Crippen MR) is 101 cm³/mol. The molecular weight excluding hydrogens is 382 g/mol. The summed E-state index contributed by atoms with van der Waals surface area (Å²) in [7, 11) is 0. The Balaban J connectivity index is 1.79. The first-order chi connectivity index (χ1) is 13.7. The van der Waals surface area contributed by atoms with Crippen LogP contribution in [0, 0.1) is 11.1 Å². The third kappa shape index (κ3) is 4.36. The third-order valence-corrected chi connectivity index (χ3v) is 5.06. The smallest absolute Gasteiger partial charge is 0.313 e. The fourth-order valence-corrected chi connectivity index (χ4v) is 3.59. The Morgan fingerprint density at radius 1 is 1.28 bits per heavy atom. The van der Waals surface area contributed by atoms with Gasteiger partial charge in [-0.05, 0) is 24.3 Å². The van der Waals surface area contributed by atoms with Crippen molar-refractivity contribution in [2.75, 3.05) is 25.1 Å². The minimum absolute atomic E-state index is 0.0621. The van der Waals surface area contributed by atoms with Crippen molar-refractivity contribution >= 4 is 29.4 Å². The van der Waals surface area contributed by atoms with Crippen LogP contribution in [0.1, 0.15) is 30.1 Å². The Morgan fingerprint density at radius 3 is 2.59 bits per heavy atom. The molecule has 156 valence electrons. The van der Waals surface area contributed by atoms with Crippen LogP contribution in [0.2, 0.25) is 0 Å². The van der Waals surface area contributed by atoms with Gasteiger partial charge in [-0.15, -0.1) is 0 Å². The van der Waals surface area contributed by atoms with E-state index in [0.717, 1.165) is 5.01 Å². The second kappa shape index (κ2) is 8.15. The number of benzene rings is 1. The first kappa shape index (κ1) is 20.7. The molecule has 4 N–H and O–H groups in total. The molecule has 11 heteroatoms. The van der Waals surface area contributed by atoms with E-state index >= 15 is 0 Å². The van der Waals surface area contributed by atoms with Gasteiger partial charge in [0.05, 0.1) is 0 Å². The summed E-state index contributed by atoms with van der Waals surface area (Å²) in [6.07, 6.45) is -0.799. The molecule has 0 saturated carbocycles. The van der Waals surface area contributed by atoms with E-state index in [9.17, 15) is 29.5 Å². The van der Waals surface area contributed by atoms with E-state index in [-0.39, 0.29) is 50.0 Å². The number of fused-ring (bicyclic) bond motifs is 1. The molecule has 0 radical (unpaired) electrons. The Hall–Kier alpha value is -3.02. The van der Waals surface area contributed by atoms with Crippen LogP contribution in [0.25, 0.3) is 0 Å². The van der Waals surface area contributed by atoms with Gasteiger partial charge in [0.25, 0.3) is 11.8 Å². The zero-order valence-electron chi connectivity index (χ0n) is 15.9. The number of carboxylic acid groups (broad SMARTS) is 1. The number of carbonyl (C=O) groups is 4. The molecule has 2 saturated heterocycles. The van der Waals surface area contributed by atoms with E-state index in [1.165, 1.54) is 19.1 Å². The van der Waals surface area contributed by atoms with Crippen LogP contribution < -0.4 is 16.0 Å². The number of rotatable bonds is 4. The number of hydroxylamine groups is 2. The highest BCUT2D eigenvalue weighted by Crippen LogP contribution is 2.29. The molecule has 3 atom stereocenters. The van der Waals surface area contributed by atoms with Crippen LogP contribution in [0.15, 0.2) is 24.3 Å². The minimum atomic E-state index is -1.24. The molecule has 3 unspecified atom stereocenters. The lowest BCUT2D eigenvalue weighted by Gasteiger charge is -2.55. The number of aliphatic carboxylic acids is 1. The van der Waals surface area contributed by atoms with Crippen LogP contribution in [0.4, 0.5) is 5.69 Å². The summed E-state index contributed by atoms with van der Waals surface area (Å²) in [6.45, 7) is 0.991. The van der Waals surface area contributed by atoms with Gasteiger partial charge in [0, 0.05) is 37.6 Å². The van der Waals surface area contributed by atoms with Gasteiger partial charge < -0.3 is 20.9 Å². The van der Waals surface area contributed by atoms with Gasteiger partial charge >= 0.3 is 5.97 Å². The van der Waals surface area contributed by atoms with Crippen LogP contribution in [-0.2, 0) is 14.4 Å². The summed E-state index contributed by atoms with van der Waals surface area (Å²) in [4.78, 5) is 47.5. The van der Waals surface area contributed by atoms with Gasteiger partial charge in [-0.2, -0.15) is 5.01 Å². The van der Waals surface area contributed by atoms with Crippen LogP contribution in [-0.4, -0.2) is 64.5 Å². The van der Waals surface area contributed by atoms with Crippen LogP contribution in [0.5, 0.6) is 0 Å². The molecule has 2 fully saturated rings. The number of hydrogen-bond donors (Lipinski definition) is 4. The lowest BCUT2D eigenvalue weighted by atomic mass is 10.1. The van der Waals surface area contributed by atoms with Crippen molar-refractivity contribution in [2.24, 2.45) is 5.92 Å². The molecule has 2 heterocycles. The van der Waals surface area contributed by atoms with Crippen molar-refractivity contribution < 1.29 is 29.0 Å². The van der Waals surface area contributed by atoms with E-state index in [1.54, 1.807) is 12.1 Å². The van der Waals surface area contributed by atoms with Gasteiger partial charge in [-0.3, -0.25) is 24.5 Å². The molecular formula is C18H23N5O6. The standard InChI is InChI=1S/C18H23N5O6/c1-11(24)20-14-4-2-12(3-5-14)17(26)21-15-6-7-16(25)22-10-19-8-13(18(27)28)9-23(15,22)29/h2-5,13,15,19H,6-10H2,1H3,(H,20,24)(H,21,26)(H,27,28). The summed E-state index contributed by atoms with van der Waals surface area (Å²) < 4.78 is -1.24. The van der Waals surface area contributed by atoms with E-state index in [4.69, 9.17) is 0 Å². The van der Waals surface area contributed by atoms with Gasteiger partial charge in [-0.25, -0.2) is 4.76 Å². The average molecular weight is 405 g/mol. The molecule has 29 heavy (non-hydrogen) atoms. The van der Waals surface area contributed by atoms with Crippen molar-refractivity contribution in [3.8, 4) is 0 Å². The molecule has 2 aliphatic heterocycles. The molecule has 0 aromatic heterocycles. The van der Waals surface area contributed by atoms with E-state index in [0.29, 0.717) is 5.69 Å². The van der Waals surface area contributed by atoms with Crippen molar-refractivity contribution in [2.45, 2.75) is 25.9 Å². The second-order valence-corrected chi connectivity index (χ2v) is 7.17. The van der Waals surface area contributed by atoms with E-state index < -0.39 is 28.7 Å². The fourth-order valence-electron chi connectivity index (χ4n) is 3.59. The topological polar surface area (TPSA) is 151 Å². The normalized spacial score (nSPS) is 26.8. The summed E-state index contributed by atoms with van der Waals surface area (Å²) in [6, 6.07) is 6.13. The number of quaternary nitrogens is 1. The lowest BCUT2D eigenvalue weighted by Crippen LogP contribution is -2.71. The Bertz CT molecular complexity index is 829. The number of carbonyl (C=O) groups excluding carboxylic acids is 3. The molecule has 11 nitrogen and oxygen atoms in total. The summed E-state index contributed by atoms with van der Waals surface area (Å²) in [5.74, 6) is -3.27. The highest BCUT2D eigenvalue weighted by molar-refractivity contribution is 5.95. The number of nitrogens with one attached hydrogen (secondary N) is 3. The SMILES string of the molecule is CC(=O)Nc1ccc(C(=O)NC2CCC(=O)N3CNCC(C(=O)O)C[N+]23[O-])cc1. The number of nitrogens with zero attached hydrogens (tertiary/aromatic N) is 2. The largest absolute Gasteiger partial charge is 0.604 e. The van der Waals surface area contributed by atoms with Crippen molar-refractivity contribution in [3.63, 3.8) is 0 Å². The molecule has 0 spiro atoms. The summed E-state index contributed by atoms with van der Waals surface area (Å²) in [5, 5.41) is 32.1. The number of carboxylic acids is 1. The molecule has 1 aromatic carbocycles. The maximum atomic E-state index is 13.6. The third-order valence-electron chi connectivity index (χ3n) is 5.06. The summed E-state index contributed by atoms with van der Waals surface area (Å²) in [5.41, 5.74) is 0.801. The predicted octanol–water partition coefficient (Wildman–Crippen LogP) is -0.186. The number of amides is 3. The Kier molecular flexibility index (Phi) is 5.82. The van der Waals surface area contributed by atoms with E-state index in [1.807, 2.05) is 0 Å². The monoisotopic (exact) mass is 405 g/mol. The Morgan fingerprint density at radius 2 is 1.97 bits per heavy atom. The Labute approximate surface area is 166 Å². The highest BCUT2D eigenvalue weighted by atomic mass is 16.6. The molecule has 3 amide bonds. The number of hydrogen-bond acceptors (Lipinski definition) is 6. The van der Waals surface area contributed by atoms with Gasteiger partial charge in [-0.1, -0.05) is 0 Å². The fraction of sp³-hybridized carbons (Fsp3) is 0.444. The van der Waals surface area contributed by atoms with Gasteiger partial charge in [0.15, 0.2) is 6.17 Å². The van der Waals surface area contributed by atoms with Crippen molar-refractivity contribution in [1.29, 1.82) is 0 Å². The first-order valence-corrected chi connectivity index (χ1v) is 9.22. The second-order valence-electron chi connectivity index (χ2n) is 7.17. The zero-order chi connectivity index (χ0) is 21.2. The average Bonchev–Trinajstić information content (AvgIpc) is 2.84. The highest BCUT2D eigenvalue weighted by Gasteiger charge is 2.48. The molecule has 0 bridgehead atoms. The maximum Gasteiger partial charge on any atom is 0.313 e. The van der Waals surface area contributed by atoms with Gasteiger partial charge in [0.1, 0.15) is 19.1 Å². The quantitative estimate of drug-likeness (QED) is 0.400. The number of anilines is 1. The zero-order valence-corrected chi connectivity index (χ0v) is 15.9.